The zero-order valence-electron chi connectivity index (χ0n) is 7.16. The van der Waals surface area contributed by atoms with Gasteiger partial charge in [-0.1, -0.05) is 6.08 Å². The number of nitrogens with one attached hydrogen (secondary N) is 1. The van der Waals surface area contributed by atoms with E-state index < -0.39 is 0 Å². The average molecular weight is 183 g/mol. The van der Waals surface area contributed by atoms with Crippen molar-refractivity contribution < 1.29 is 0 Å². The van der Waals surface area contributed by atoms with Crippen molar-refractivity contribution >= 4 is 11.7 Å². The third-order valence-electron chi connectivity index (χ3n) is 1.74. The summed E-state index contributed by atoms with van der Waals surface area (Å²) in [5, 5.41) is 3.20. The van der Waals surface area contributed by atoms with Gasteiger partial charge in [0.15, 0.2) is 0 Å². The summed E-state index contributed by atoms with van der Waals surface area (Å²) in [5.41, 5.74) is 1.03. The molecule has 0 aliphatic heterocycles. The Kier molecular flexibility index (Phi) is 3.90. The van der Waals surface area contributed by atoms with Gasteiger partial charge in [0.05, 0.1) is 29.7 Å². The molecular formula is C8H13N3S. The van der Waals surface area contributed by atoms with Gasteiger partial charge < -0.3 is 5.32 Å². The maximum absolute atomic E-state index is 4.17. The molecule has 1 heterocycles. The maximum Gasteiger partial charge on any atom is 0.0912 e. The third-order valence-corrected chi connectivity index (χ3v) is 2.24. The summed E-state index contributed by atoms with van der Waals surface area (Å²) in [6, 6.07) is 0.321. The summed E-state index contributed by atoms with van der Waals surface area (Å²) in [4.78, 5) is 0. The zero-order valence-corrected chi connectivity index (χ0v) is 7.97. The summed E-state index contributed by atoms with van der Waals surface area (Å²) < 4.78 is 8.14. The van der Waals surface area contributed by atoms with Crippen LogP contribution < -0.4 is 5.32 Å². The van der Waals surface area contributed by atoms with E-state index in [0.29, 0.717) is 6.04 Å². The lowest BCUT2D eigenvalue weighted by atomic mass is 10.1. The van der Waals surface area contributed by atoms with Gasteiger partial charge in [0.25, 0.3) is 0 Å². The summed E-state index contributed by atoms with van der Waals surface area (Å²) in [6.07, 6.45) is 5.77. The number of allylic oxidation sites excluding steroid dienone is 1. The van der Waals surface area contributed by atoms with E-state index in [1.807, 2.05) is 19.3 Å². The minimum absolute atomic E-state index is 0.321. The van der Waals surface area contributed by atoms with Crippen molar-refractivity contribution in [2.24, 2.45) is 0 Å². The van der Waals surface area contributed by atoms with E-state index in [2.05, 4.69) is 20.6 Å². The van der Waals surface area contributed by atoms with Crippen LogP contribution in [0.2, 0.25) is 0 Å². The largest absolute Gasteiger partial charge is 0.312 e. The van der Waals surface area contributed by atoms with Crippen molar-refractivity contribution in [2.45, 2.75) is 18.9 Å². The molecule has 4 heteroatoms. The Hall–Kier alpha value is -0.740. The van der Waals surface area contributed by atoms with Crippen LogP contribution in [0.1, 0.15) is 24.6 Å². The fourth-order valence-electron chi connectivity index (χ4n) is 1.05. The van der Waals surface area contributed by atoms with Crippen LogP contribution in [0.4, 0.5) is 0 Å². The highest BCUT2D eigenvalue weighted by Gasteiger charge is 2.09. The third kappa shape index (κ3) is 2.39. The van der Waals surface area contributed by atoms with Crippen LogP contribution in [0, 0.1) is 0 Å². The van der Waals surface area contributed by atoms with Gasteiger partial charge in [-0.25, -0.2) is 0 Å². The Morgan fingerprint density at radius 2 is 2.67 bits per heavy atom. The fraction of sp³-hybridized carbons (Fsp3) is 0.500. The normalized spacial score (nSPS) is 12.8. The smallest absolute Gasteiger partial charge is 0.0912 e. The van der Waals surface area contributed by atoms with E-state index in [9.17, 15) is 0 Å². The highest BCUT2D eigenvalue weighted by Crippen LogP contribution is 2.15. The predicted octanol–water partition coefficient (Wildman–Crippen LogP) is 1.76. The molecule has 1 N–H and O–H groups in total. The van der Waals surface area contributed by atoms with Crippen LogP contribution in [0.25, 0.3) is 0 Å². The van der Waals surface area contributed by atoms with Crippen molar-refractivity contribution in [3.05, 3.63) is 24.5 Å². The molecule has 3 nitrogen and oxygen atoms in total. The molecule has 0 aliphatic rings. The molecule has 0 aromatic carbocycles. The van der Waals surface area contributed by atoms with Crippen LogP contribution in [0.3, 0.4) is 0 Å². The lowest BCUT2D eigenvalue weighted by Gasteiger charge is -2.10. The Morgan fingerprint density at radius 3 is 3.17 bits per heavy atom. The topological polar surface area (TPSA) is 37.8 Å². The molecule has 1 aromatic rings. The maximum atomic E-state index is 4.17. The van der Waals surface area contributed by atoms with Crippen molar-refractivity contribution in [1.82, 2.24) is 14.1 Å². The van der Waals surface area contributed by atoms with Crippen LogP contribution >= 0.6 is 11.7 Å². The second-order valence-electron chi connectivity index (χ2n) is 2.54. The minimum atomic E-state index is 0.321. The Morgan fingerprint density at radius 1 is 1.83 bits per heavy atom. The number of aromatic nitrogens is 2. The van der Waals surface area contributed by atoms with E-state index in [1.54, 1.807) is 0 Å². The molecule has 1 unspecified atom stereocenters. The molecule has 12 heavy (non-hydrogen) atoms. The summed E-state index contributed by atoms with van der Waals surface area (Å²) >= 11 is 1.25. The second-order valence-corrected chi connectivity index (χ2v) is 3.10. The van der Waals surface area contributed by atoms with Crippen molar-refractivity contribution in [2.75, 3.05) is 7.05 Å². The molecule has 0 saturated carbocycles. The lowest BCUT2D eigenvalue weighted by molar-refractivity contribution is 0.545. The second kappa shape index (κ2) is 5.00. The minimum Gasteiger partial charge on any atom is -0.312 e. The summed E-state index contributed by atoms with van der Waals surface area (Å²) in [6.45, 7) is 3.69. The first-order valence-corrected chi connectivity index (χ1v) is 4.67. The van der Waals surface area contributed by atoms with Gasteiger partial charge in [0.2, 0.25) is 0 Å². The van der Waals surface area contributed by atoms with Crippen LogP contribution in [0.5, 0.6) is 0 Å². The number of hydrogen-bond acceptors (Lipinski definition) is 4. The van der Waals surface area contributed by atoms with Crippen molar-refractivity contribution in [3.8, 4) is 0 Å². The Balaban J connectivity index is 2.51. The number of hydrogen-bond donors (Lipinski definition) is 1. The first-order valence-electron chi connectivity index (χ1n) is 3.94. The first-order chi connectivity index (χ1) is 5.88. The van der Waals surface area contributed by atoms with Gasteiger partial charge in [0, 0.05) is 0 Å². The van der Waals surface area contributed by atoms with Gasteiger partial charge in [0.1, 0.15) is 0 Å². The molecule has 0 radical (unpaired) electrons. The Bertz CT molecular complexity index is 220. The molecular weight excluding hydrogens is 170 g/mol. The van der Waals surface area contributed by atoms with E-state index in [0.717, 1.165) is 18.5 Å². The van der Waals surface area contributed by atoms with Gasteiger partial charge in [-0.3, -0.25) is 0 Å². The van der Waals surface area contributed by atoms with Gasteiger partial charge in [-0.2, -0.15) is 8.75 Å². The molecule has 1 aromatic heterocycles. The molecule has 0 aliphatic carbocycles. The zero-order chi connectivity index (χ0) is 8.81. The summed E-state index contributed by atoms with van der Waals surface area (Å²) in [7, 11) is 1.94. The molecule has 0 fully saturated rings. The first kappa shape index (κ1) is 9.35. The van der Waals surface area contributed by atoms with E-state index in [4.69, 9.17) is 0 Å². The average Bonchev–Trinajstić information content (AvgIpc) is 2.59. The number of rotatable bonds is 5. The van der Waals surface area contributed by atoms with E-state index in [-0.39, 0.29) is 0 Å². The van der Waals surface area contributed by atoms with E-state index >= 15 is 0 Å². The van der Waals surface area contributed by atoms with Crippen molar-refractivity contribution in [3.63, 3.8) is 0 Å². The Labute approximate surface area is 76.8 Å². The fourth-order valence-corrected chi connectivity index (χ4v) is 1.52. The van der Waals surface area contributed by atoms with Crippen LogP contribution in [-0.4, -0.2) is 15.8 Å². The highest BCUT2D eigenvalue weighted by atomic mass is 32.1. The number of nitrogens with zero attached hydrogens (tertiary/aromatic N) is 2. The van der Waals surface area contributed by atoms with Gasteiger partial charge in [-0.15, -0.1) is 6.58 Å². The lowest BCUT2D eigenvalue weighted by Crippen LogP contribution is -2.16. The van der Waals surface area contributed by atoms with Gasteiger partial charge in [-0.05, 0) is 19.9 Å². The quantitative estimate of drug-likeness (QED) is 0.707. The molecule has 66 valence electrons. The SMILES string of the molecule is C=CCCC(NC)c1cnsn1. The molecule has 0 saturated heterocycles. The monoisotopic (exact) mass is 183 g/mol. The molecule has 1 rings (SSSR count). The summed E-state index contributed by atoms with van der Waals surface area (Å²) in [5.74, 6) is 0. The highest BCUT2D eigenvalue weighted by molar-refractivity contribution is 6.99. The molecule has 0 bridgehead atoms. The molecule has 0 spiro atoms. The standard InChI is InChI=1S/C8H13N3S/c1-3-4-5-7(9-2)8-6-10-12-11-8/h3,6-7,9H,1,4-5H2,2H3. The van der Waals surface area contributed by atoms with Gasteiger partial charge >= 0.3 is 0 Å². The molecule has 1 atom stereocenters. The van der Waals surface area contributed by atoms with E-state index in [1.165, 1.54) is 11.7 Å². The van der Waals surface area contributed by atoms with Crippen molar-refractivity contribution in [1.29, 1.82) is 0 Å². The predicted molar refractivity (Wildman–Crippen MR) is 51.1 cm³/mol. The molecule has 0 amide bonds. The van der Waals surface area contributed by atoms with Crippen LogP contribution in [-0.2, 0) is 0 Å². The van der Waals surface area contributed by atoms with Crippen LogP contribution in [0.15, 0.2) is 18.9 Å².